The largest absolute Gasteiger partial charge is 0.300 e. The first-order valence-corrected chi connectivity index (χ1v) is 8.34. The van der Waals surface area contributed by atoms with Crippen LogP contribution in [0.2, 0.25) is 0 Å². The summed E-state index contributed by atoms with van der Waals surface area (Å²) >= 11 is 3.41. The molecule has 1 saturated carbocycles. The average molecular weight is 339 g/mol. The van der Waals surface area contributed by atoms with Gasteiger partial charge in [-0.3, -0.25) is 9.69 Å². The van der Waals surface area contributed by atoms with Crippen molar-refractivity contribution in [1.82, 2.24) is 4.98 Å². The maximum atomic E-state index is 12.2. The number of carbonyl (C=O) groups is 1. The van der Waals surface area contributed by atoms with Crippen molar-refractivity contribution in [3.63, 3.8) is 0 Å². The van der Waals surface area contributed by atoms with Crippen molar-refractivity contribution in [3.05, 3.63) is 22.8 Å². The summed E-state index contributed by atoms with van der Waals surface area (Å²) < 4.78 is 0.948. The molecular weight excluding hydrogens is 316 g/mol. The lowest BCUT2D eigenvalue weighted by atomic mass is 9.86. The van der Waals surface area contributed by atoms with E-state index in [0.717, 1.165) is 16.8 Å². The van der Waals surface area contributed by atoms with E-state index in [9.17, 15) is 4.79 Å². The Bertz CT molecular complexity index is 444. The molecule has 0 atom stereocenters. The van der Waals surface area contributed by atoms with E-state index in [4.69, 9.17) is 0 Å². The molecule has 110 valence electrons. The van der Waals surface area contributed by atoms with Crippen molar-refractivity contribution in [1.29, 1.82) is 0 Å². The Morgan fingerprint density at radius 1 is 1.40 bits per heavy atom. The van der Waals surface area contributed by atoms with E-state index in [1.807, 2.05) is 12.1 Å². The highest BCUT2D eigenvalue weighted by Gasteiger charge is 2.16. The van der Waals surface area contributed by atoms with Gasteiger partial charge in [0.15, 0.2) is 0 Å². The van der Waals surface area contributed by atoms with E-state index < -0.39 is 0 Å². The van der Waals surface area contributed by atoms with Crippen molar-refractivity contribution in [2.45, 2.75) is 51.4 Å². The first-order chi connectivity index (χ1) is 9.66. The van der Waals surface area contributed by atoms with Crippen LogP contribution in [0.3, 0.4) is 0 Å². The number of rotatable bonds is 5. The summed E-state index contributed by atoms with van der Waals surface area (Å²) in [5.74, 6) is 1.72. The number of anilines is 1. The molecule has 0 aromatic carbocycles. The minimum atomic E-state index is 0.159. The monoisotopic (exact) mass is 338 g/mol. The SMILES string of the molecule is CN(C(=O)CCCC1CCCCC1)c1cc(Br)ccn1. The summed E-state index contributed by atoms with van der Waals surface area (Å²) in [6, 6.07) is 3.74. The Labute approximate surface area is 129 Å². The number of pyridine rings is 1. The Balaban J connectivity index is 1.76. The van der Waals surface area contributed by atoms with Gasteiger partial charge >= 0.3 is 0 Å². The molecule has 0 saturated heterocycles. The predicted molar refractivity (Wildman–Crippen MR) is 85.8 cm³/mol. The Kier molecular flexibility index (Phi) is 6.02. The lowest BCUT2D eigenvalue weighted by Crippen LogP contribution is -2.26. The molecule has 1 fully saturated rings. The molecule has 0 spiro atoms. The van der Waals surface area contributed by atoms with Crippen LogP contribution in [-0.4, -0.2) is 17.9 Å². The van der Waals surface area contributed by atoms with Gasteiger partial charge in [0, 0.05) is 24.1 Å². The second kappa shape index (κ2) is 7.77. The summed E-state index contributed by atoms with van der Waals surface area (Å²) in [6.07, 6.45) is 11.4. The molecule has 4 heteroatoms. The van der Waals surface area contributed by atoms with E-state index in [1.165, 1.54) is 38.5 Å². The zero-order valence-corrected chi connectivity index (χ0v) is 13.7. The Morgan fingerprint density at radius 2 is 2.15 bits per heavy atom. The first kappa shape index (κ1) is 15.5. The number of carbonyl (C=O) groups excluding carboxylic acids is 1. The maximum absolute atomic E-state index is 12.2. The smallest absolute Gasteiger partial charge is 0.227 e. The molecule has 0 aliphatic heterocycles. The van der Waals surface area contributed by atoms with Crippen molar-refractivity contribution in [2.24, 2.45) is 5.92 Å². The molecule has 2 rings (SSSR count). The number of aromatic nitrogens is 1. The van der Waals surface area contributed by atoms with Crippen LogP contribution >= 0.6 is 15.9 Å². The number of nitrogens with zero attached hydrogens (tertiary/aromatic N) is 2. The molecule has 0 N–H and O–H groups in total. The molecule has 1 aliphatic rings. The van der Waals surface area contributed by atoms with E-state index in [1.54, 1.807) is 18.1 Å². The highest BCUT2D eigenvalue weighted by Crippen LogP contribution is 2.28. The number of halogens is 1. The van der Waals surface area contributed by atoms with E-state index in [0.29, 0.717) is 12.2 Å². The molecule has 1 aromatic rings. The van der Waals surface area contributed by atoms with Crippen molar-refractivity contribution >= 4 is 27.7 Å². The molecule has 0 radical (unpaired) electrons. The Hall–Kier alpha value is -0.900. The van der Waals surface area contributed by atoms with Gasteiger partial charge in [-0.1, -0.05) is 48.0 Å². The van der Waals surface area contributed by atoms with Crippen molar-refractivity contribution in [2.75, 3.05) is 11.9 Å². The minimum Gasteiger partial charge on any atom is -0.300 e. The highest BCUT2D eigenvalue weighted by atomic mass is 79.9. The molecule has 20 heavy (non-hydrogen) atoms. The number of hydrogen-bond donors (Lipinski definition) is 0. The topological polar surface area (TPSA) is 33.2 Å². The third-order valence-corrected chi connectivity index (χ3v) is 4.65. The van der Waals surface area contributed by atoms with Gasteiger partial charge in [-0.25, -0.2) is 4.98 Å². The molecule has 1 heterocycles. The van der Waals surface area contributed by atoms with Crippen LogP contribution in [-0.2, 0) is 4.79 Å². The second-order valence-corrected chi connectivity index (χ2v) is 6.60. The van der Waals surface area contributed by atoms with Crippen molar-refractivity contribution in [3.8, 4) is 0 Å². The predicted octanol–water partition coefficient (Wildman–Crippen LogP) is 4.56. The molecule has 3 nitrogen and oxygen atoms in total. The van der Waals surface area contributed by atoms with Crippen molar-refractivity contribution < 1.29 is 4.79 Å². The summed E-state index contributed by atoms with van der Waals surface area (Å²) in [5.41, 5.74) is 0. The minimum absolute atomic E-state index is 0.159. The van der Waals surface area contributed by atoms with Crippen LogP contribution in [0, 0.1) is 5.92 Å². The maximum Gasteiger partial charge on any atom is 0.227 e. The second-order valence-electron chi connectivity index (χ2n) is 5.68. The molecule has 1 aliphatic carbocycles. The van der Waals surface area contributed by atoms with Gasteiger partial charge < -0.3 is 0 Å². The third kappa shape index (κ3) is 4.58. The van der Waals surface area contributed by atoms with Crippen LogP contribution in [0.15, 0.2) is 22.8 Å². The molecule has 0 unspecified atom stereocenters. The first-order valence-electron chi connectivity index (χ1n) is 7.55. The van der Waals surface area contributed by atoms with Gasteiger partial charge in [0.25, 0.3) is 0 Å². The van der Waals surface area contributed by atoms with Gasteiger partial charge in [0.1, 0.15) is 5.82 Å². The average Bonchev–Trinajstić information content (AvgIpc) is 2.47. The van der Waals surface area contributed by atoms with Gasteiger partial charge in [-0.05, 0) is 30.9 Å². The van der Waals surface area contributed by atoms with Gasteiger partial charge in [-0.15, -0.1) is 0 Å². The fourth-order valence-electron chi connectivity index (χ4n) is 2.89. The van der Waals surface area contributed by atoms with E-state index in [-0.39, 0.29) is 5.91 Å². The number of hydrogen-bond acceptors (Lipinski definition) is 2. The van der Waals surface area contributed by atoms with E-state index in [2.05, 4.69) is 20.9 Å². The third-order valence-electron chi connectivity index (χ3n) is 4.15. The normalized spacial score (nSPS) is 16.1. The van der Waals surface area contributed by atoms with Crippen LogP contribution in [0.25, 0.3) is 0 Å². The standard InChI is InChI=1S/C16H23BrN2O/c1-19(15-12-14(17)10-11-18-15)16(20)9-5-8-13-6-3-2-4-7-13/h10-13H,2-9H2,1H3. The van der Waals surface area contributed by atoms with E-state index >= 15 is 0 Å². The van der Waals surface area contributed by atoms with Gasteiger partial charge in [-0.2, -0.15) is 0 Å². The summed E-state index contributed by atoms with van der Waals surface area (Å²) in [4.78, 5) is 18.1. The number of amides is 1. The zero-order valence-electron chi connectivity index (χ0n) is 12.1. The quantitative estimate of drug-likeness (QED) is 0.788. The van der Waals surface area contributed by atoms with Crippen LogP contribution < -0.4 is 4.90 Å². The fraction of sp³-hybridized carbons (Fsp3) is 0.625. The van der Waals surface area contributed by atoms with Crippen LogP contribution in [0.4, 0.5) is 5.82 Å². The lowest BCUT2D eigenvalue weighted by Gasteiger charge is -2.22. The summed E-state index contributed by atoms with van der Waals surface area (Å²) in [5, 5.41) is 0. The summed E-state index contributed by atoms with van der Waals surface area (Å²) in [6.45, 7) is 0. The van der Waals surface area contributed by atoms with Gasteiger partial charge in [0.2, 0.25) is 5.91 Å². The lowest BCUT2D eigenvalue weighted by molar-refractivity contribution is -0.118. The Morgan fingerprint density at radius 3 is 2.85 bits per heavy atom. The molecule has 0 bridgehead atoms. The molecule has 1 aromatic heterocycles. The summed E-state index contributed by atoms with van der Waals surface area (Å²) in [7, 11) is 1.80. The molecular formula is C16H23BrN2O. The molecule has 1 amide bonds. The highest BCUT2D eigenvalue weighted by molar-refractivity contribution is 9.10. The zero-order chi connectivity index (χ0) is 14.4. The van der Waals surface area contributed by atoms with Gasteiger partial charge in [0.05, 0.1) is 0 Å². The van der Waals surface area contributed by atoms with Crippen LogP contribution in [0.1, 0.15) is 51.4 Å². The van der Waals surface area contributed by atoms with Crippen LogP contribution in [0.5, 0.6) is 0 Å². The fourth-order valence-corrected chi connectivity index (χ4v) is 3.21.